The number of hydrogen-bond donors (Lipinski definition) is 2. The van der Waals surface area contributed by atoms with E-state index in [0.29, 0.717) is 0 Å². The largest absolute Gasteiger partial charge is 0.397 e. The third-order valence-electron chi connectivity index (χ3n) is 3.69. The molecule has 22 heavy (non-hydrogen) atoms. The molecule has 0 atom stereocenters. The summed E-state index contributed by atoms with van der Waals surface area (Å²) in [5.41, 5.74) is 11.3. The van der Waals surface area contributed by atoms with Gasteiger partial charge in [0.05, 0.1) is 28.3 Å². The van der Waals surface area contributed by atoms with Crippen LogP contribution in [0.25, 0.3) is 33.5 Å². The molecule has 106 valence electrons. The van der Waals surface area contributed by atoms with E-state index in [1.54, 1.807) is 6.20 Å². The van der Waals surface area contributed by atoms with Crippen molar-refractivity contribution < 1.29 is 0 Å². The number of pyridine rings is 2. The first-order valence-electron chi connectivity index (χ1n) is 7.07. The molecular formula is C18H14N4. The maximum Gasteiger partial charge on any atom is 0.0893 e. The average molecular weight is 286 g/mol. The van der Waals surface area contributed by atoms with E-state index in [9.17, 15) is 0 Å². The smallest absolute Gasteiger partial charge is 0.0893 e. The topological polar surface area (TPSA) is 67.6 Å². The van der Waals surface area contributed by atoms with Crippen molar-refractivity contribution in [3.8, 4) is 22.6 Å². The van der Waals surface area contributed by atoms with Crippen LogP contribution in [0.2, 0.25) is 0 Å². The van der Waals surface area contributed by atoms with Gasteiger partial charge in [0.25, 0.3) is 0 Å². The van der Waals surface area contributed by atoms with E-state index in [0.717, 1.165) is 39.2 Å². The highest BCUT2D eigenvalue weighted by Crippen LogP contribution is 2.27. The lowest BCUT2D eigenvalue weighted by molar-refractivity contribution is 1.28. The van der Waals surface area contributed by atoms with E-state index in [1.165, 1.54) is 0 Å². The van der Waals surface area contributed by atoms with Gasteiger partial charge in [-0.1, -0.05) is 24.3 Å². The van der Waals surface area contributed by atoms with Gasteiger partial charge in [-0.25, -0.2) is 4.98 Å². The normalized spacial score (nSPS) is 10.9. The number of H-pyrrole nitrogens is 1. The van der Waals surface area contributed by atoms with Gasteiger partial charge in [0.2, 0.25) is 0 Å². The van der Waals surface area contributed by atoms with Gasteiger partial charge in [-0.3, -0.25) is 4.98 Å². The second-order valence-electron chi connectivity index (χ2n) is 5.13. The Hall–Kier alpha value is -3.14. The van der Waals surface area contributed by atoms with Crippen molar-refractivity contribution >= 4 is 16.6 Å². The fraction of sp³-hybridized carbons (Fsp3) is 0. The first-order valence-corrected chi connectivity index (χ1v) is 7.07. The van der Waals surface area contributed by atoms with Gasteiger partial charge in [0.1, 0.15) is 0 Å². The molecule has 0 saturated carbocycles. The van der Waals surface area contributed by atoms with Crippen molar-refractivity contribution in [1.29, 1.82) is 0 Å². The lowest BCUT2D eigenvalue weighted by Gasteiger charge is -2.05. The summed E-state index contributed by atoms with van der Waals surface area (Å²) in [6.07, 6.45) is 3.61. The third-order valence-corrected chi connectivity index (χ3v) is 3.69. The third kappa shape index (κ3) is 2.11. The molecule has 0 fully saturated rings. The fourth-order valence-corrected chi connectivity index (χ4v) is 2.56. The molecule has 4 aromatic rings. The van der Waals surface area contributed by atoms with Crippen molar-refractivity contribution in [3.05, 3.63) is 67.0 Å². The highest BCUT2D eigenvalue weighted by molar-refractivity contribution is 5.87. The Morgan fingerprint density at radius 3 is 2.59 bits per heavy atom. The Labute approximate surface area is 127 Å². The van der Waals surface area contributed by atoms with Crippen LogP contribution in [0.5, 0.6) is 0 Å². The Morgan fingerprint density at radius 2 is 1.82 bits per heavy atom. The first kappa shape index (κ1) is 12.6. The second kappa shape index (κ2) is 5.00. The molecular weight excluding hydrogens is 272 g/mol. The number of nitrogen functional groups attached to an aromatic ring is 1. The molecule has 0 spiro atoms. The zero-order valence-corrected chi connectivity index (χ0v) is 11.8. The molecule has 4 nitrogen and oxygen atoms in total. The van der Waals surface area contributed by atoms with E-state index < -0.39 is 0 Å². The van der Waals surface area contributed by atoms with Crippen molar-refractivity contribution in [1.82, 2.24) is 15.0 Å². The highest BCUT2D eigenvalue weighted by Gasteiger charge is 2.07. The van der Waals surface area contributed by atoms with E-state index in [2.05, 4.69) is 22.1 Å². The molecule has 0 amide bonds. The second-order valence-corrected chi connectivity index (χ2v) is 5.13. The van der Waals surface area contributed by atoms with Crippen molar-refractivity contribution in [2.45, 2.75) is 0 Å². The van der Waals surface area contributed by atoms with Crippen LogP contribution in [0.1, 0.15) is 0 Å². The Bertz CT molecular complexity index is 942. The Morgan fingerprint density at radius 1 is 0.909 bits per heavy atom. The summed E-state index contributed by atoms with van der Waals surface area (Å²) in [6, 6.07) is 17.9. The molecule has 1 aromatic carbocycles. The van der Waals surface area contributed by atoms with Crippen molar-refractivity contribution in [2.24, 2.45) is 0 Å². The number of benzene rings is 1. The van der Waals surface area contributed by atoms with Gasteiger partial charge in [0.15, 0.2) is 0 Å². The minimum Gasteiger partial charge on any atom is -0.397 e. The zero-order chi connectivity index (χ0) is 14.9. The van der Waals surface area contributed by atoms with Gasteiger partial charge in [0, 0.05) is 23.3 Å². The molecule has 0 radical (unpaired) electrons. The van der Waals surface area contributed by atoms with Gasteiger partial charge < -0.3 is 10.7 Å². The Kier molecular flexibility index (Phi) is 2.86. The van der Waals surface area contributed by atoms with Crippen LogP contribution in [-0.2, 0) is 0 Å². The monoisotopic (exact) mass is 286 g/mol. The van der Waals surface area contributed by atoms with Crippen LogP contribution in [-0.4, -0.2) is 15.0 Å². The predicted octanol–water partition coefficient (Wildman–Crippen LogP) is 3.87. The van der Waals surface area contributed by atoms with Crippen LogP contribution in [0.4, 0.5) is 5.69 Å². The number of nitrogens with two attached hydrogens (primary N) is 1. The van der Waals surface area contributed by atoms with E-state index in [1.807, 2.05) is 48.7 Å². The van der Waals surface area contributed by atoms with Crippen LogP contribution >= 0.6 is 0 Å². The summed E-state index contributed by atoms with van der Waals surface area (Å²) in [6.45, 7) is 0. The van der Waals surface area contributed by atoms with Crippen LogP contribution < -0.4 is 5.73 Å². The number of aromatic amines is 1. The maximum atomic E-state index is 5.98. The minimum absolute atomic E-state index is 0.736. The van der Waals surface area contributed by atoms with E-state index >= 15 is 0 Å². The molecule has 3 N–H and O–H groups in total. The van der Waals surface area contributed by atoms with Crippen LogP contribution in [0.15, 0.2) is 67.0 Å². The molecule has 0 unspecified atom stereocenters. The number of rotatable bonds is 2. The number of aromatic nitrogens is 3. The Balaban J connectivity index is 1.86. The highest BCUT2D eigenvalue weighted by atomic mass is 14.8. The molecule has 4 rings (SSSR count). The molecule has 0 aliphatic rings. The average Bonchev–Trinajstić information content (AvgIpc) is 3.01. The number of nitrogens with zero attached hydrogens (tertiary/aromatic N) is 2. The lowest BCUT2D eigenvalue weighted by Crippen LogP contribution is -1.90. The van der Waals surface area contributed by atoms with Crippen molar-refractivity contribution in [2.75, 3.05) is 5.73 Å². The summed E-state index contributed by atoms with van der Waals surface area (Å²) in [7, 11) is 0. The fourth-order valence-electron chi connectivity index (χ4n) is 2.56. The molecule has 0 aliphatic carbocycles. The SMILES string of the molecule is Nc1cc[nH]c1-c1ccc2ccc(-c3ccccn3)nc2c1. The number of fused-ring (bicyclic) bond motifs is 1. The molecule has 0 saturated heterocycles. The van der Waals surface area contributed by atoms with Gasteiger partial charge >= 0.3 is 0 Å². The summed E-state index contributed by atoms with van der Waals surface area (Å²) in [4.78, 5) is 12.2. The number of nitrogens with one attached hydrogen (secondary N) is 1. The summed E-state index contributed by atoms with van der Waals surface area (Å²) >= 11 is 0. The number of hydrogen-bond acceptors (Lipinski definition) is 3. The lowest BCUT2D eigenvalue weighted by atomic mass is 10.1. The van der Waals surface area contributed by atoms with Crippen LogP contribution in [0, 0.1) is 0 Å². The van der Waals surface area contributed by atoms with Gasteiger partial charge in [-0.15, -0.1) is 0 Å². The predicted molar refractivity (Wildman–Crippen MR) is 89.2 cm³/mol. The summed E-state index contributed by atoms with van der Waals surface area (Å²) in [5, 5.41) is 1.09. The summed E-state index contributed by atoms with van der Waals surface area (Å²) < 4.78 is 0. The molecule has 0 aliphatic heterocycles. The molecule has 3 aromatic heterocycles. The number of anilines is 1. The van der Waals surface area contributed by atoms with Gasteiger partial charge in [-0.2, -0.15) is 0 Å². The summed E-state index contributed by atoms with van der Waals surface area (Å²) in [5.74, 6) is 0. The maximum absolute atomic E-state index is 5.98. The van der Waals surface area contributed by atoms with E-state index in [-0.39, 0.29) is 0 Å². The molecule has 3 heterocycles. The molecule has 0 bridgehead atoms. The van der Waals surface area contributed by atoms with Crippen molar-refractivity contribution in [3.63, 3.8) is 0 Å². The first-order chi connectivity index (χ1) is 10.8. The van der Waals surface area contributed by atoms with E-state index in [4.69, 9.17) is 10.7 Å². The minimum atomic E-state index is 0.736. The van der Waals surface area contributed by atoms with Gasteiger partial charge in [-0.05, 0) is 30.3 Å². The van der Waals surface area contributed by atoms with Crippen LogP contribution in [0.3, 0.4) is 0 Å². The standard InChI is InChI=1S/C18H14N4/c19-14-8-10-21-18(14)13-5-4-12-6-7-16(22-17(12)11-13)15-3-1-2-9-20-15/h1-11,21H,19H2. The molecule has 4 heteroatoms. The quantitative estimate of drug-likeness (QED) is 0.587. The zero-order valence-electron chi connectivity index (χ0n) is 11.8.